The fourth-order valence-electron chi connectivity index (χ4n) is 2.86. The average Bonchev–Trinajstić information content (AvgIpc) is 2.59. The predicted molar refractivity (Wildman–Crippen MR) is 86.3 cm³/mol. The van der Waals surface area contributed by atoms with Crippen LogP contribution in [0.1, 0.15) is 36.5 Å². The lowest BCUT2D eigenvalue weighted by Gasteiger charge is -2.33. The van der Waals surface area contributed by atoms with Crippen LogP contribution in [0.2, 0.25) is 5.15 Å². The van der Waals surface area contributed by atoms with Gasteiger partial charge in [-0.1, -0.05) is 18.5 Å². The number of aromatic nitrogens is 1. The van der Waals surface area contributed by atoms with E-state index in [-0.39, 0.29) is 23.4 Å². The van der Waals surface area contributed by atoms with E-state index in [2.05, 4.69) is 11.1 Å². The van der Waals surface area contributed by atoms with Gasteiger partial charge in [0.2, 0.25) is 0 Å². The summed E-state index contributed by atoms with van der Waals surface area (Å²) in [6, 6.07) is 4.22. The third-order valence-electron chi connectivity index (χ3n) is 4.00. The van der Waals surface area contributed by atoms with Crippen molar-refractivity contribution in [2.75, 3.05) is 31.2 Å². The Labute approximate surface area is 140 Å². The molecule has 0 unspecified atom stereocenters. The molecule has 7 heteroatoms. The van der Waals surface area contributed by atoms with Gasteiger partial charge in [0.25, 0.3) is 0 Å². The first-order valence-electron chi connectivity index (χ1n) is 7.66. The minimum atomic E-state index is 0.0193. The lowest BCUT2D eigenvalue weighted by atomic mass is 10.0. The molecule has 1 saturated heterocycles. The van der Waals surface area contributed by atoms with Gasteiger partial charge in [-0.15, -0.1) is 0 Å². The predicted octanol–water partition coefficient (Wildman–Crippen LogP) is 2.02. The molecule has 0 aromatic carbocycles. The zero-order valence-electron chi connectivity index (χ0n) is 13.0. The number of aliphatic hydroxyl groups excluding tert-OH is 1. The van der Waals surface area contributed by atoms with Gasteiger partial charge in [-0.3, -0.25) is 0 Å². The van der Waals surface area contributed by atoms with Gasteiger partial charge in [-0.05, 0) is 24.8 Å². The number of piperidine rings is 1. The van der Waals surface area contributed by atoms with E-state index < -0.39 is 0 Å². The summed E-state index contributed by atoms with van der Waals surface area (Å²) in [6.45, 7) is 3.65. The quantitative estimate of drug-likeness (QED) is 0.828. The summed E-state index contributed by atoms with van der Waals surface area (Å²) in [6.07, 6.45) is 2.26. The lowest BCUT2D eigenvalue weighted by molar-refractivity contribution is 0.0158. The summed E-state index contributed by atoms with van der Waals surface area (Å²) in [5.74, 6) is 0.550. The Kier molecular flexibility index (Phi) is 6.18. The van der Waals surface area contributed by atoms with Crippen LogP contribution in [-0.4, -0.2) is 42.5 Å². The molecule has 0 radical (unpaired) electrons. The maximum atomic E-state index is 9.52. The molecule has 23 heavy (non-hydrogen) atoms. The second-order valence-electron chi connectivity index (χ2n) is 5.31. The van der Waals surface area contributed by atoms with Crippen molar-refractivity contribution in [3.05, 3.63) is 21.8 Å². The number of hydrogen-bond donors (Lipinski definition) is 1. The van der Waals surface area contributed by atoms with Crippen LogP contribution in [0.4, 0.5) is 5.82 Å². The number of nitrogens with zero attached hydrogens (tertiary/aromatic N) is 4. The zero-order valence-corrected chi connectivity index (χ0v) is 13.8. The number of hydrogen-bond acceptors (Lipinski definition) is 6. The van der Waals surface area contributed by atoms with Gasteiger partial charge in [0.1, 0.15) is 23.1 Å². The number of pyridine rings is 1. The van der Waals surface area contributed by atoms with Gasteiger partial charge in [0, 0.05) is 13.1 Å². The summed E-state index contributed by atoms with van der Waals surface area (Å²) in [5.41, 5.74) is 1.38. The van der Waals surface area contributed by atoms with Gasteiger partial charge in [0.05, 0.1) is 30.4 Å². The molecule has 2 rings (SSSR count). The zero-order chi connectivity index (χ0) is 16.8. The minimum absolute atomic E-state index is 0.0193. The van der Waals surface area contributed by atoms with Crippen molar-refractivity contribution < 1.29 is 9.84 Å². The summed E-state index contributed by atoms with van der Waals surface area (Å²) in [7, 11) is 0. The normalized spacial score (nSPS) is 15.3. The van der Waals surface area contributed by atoms with Crippen LogP contribution >= 0.6 is 11.6 Å². The van der Waals surface area contributed by atoms with Gasteiger partial charge in [-0.2, -0.15) is 10.5 Å². The van der Waals surface area contributed by atoms with Crippen molar-refractivity contribution in [2.45, 2.75) is 32.3 Å². The Morgan fingerprint density at radius 3 is 2.48 bits per heavy atom. The largest absolute Gasteiger partial charge is 0.394 e. The molecule has 1 aromatic rings. The topological polar surface area (TPSA) is 93.2 Å². The van der Waals surface area contributed by atoms with Gasteiger partial charge < -0.3 is 14.7 Å². The molecule has 0 atom stereocenters. The fraction of sp³-hybridized carbons (Fsp3) is 0.562. The monoisotopic (exact) mass is 334 g/mol. The number of ether oxygens (including phenoxy) is 1. The van der Waals surface area contributed by atoms with Crippen LogP contribution < -0.4 is 4.90 Å². The van der Waals surface area contributed by atoms with Crippen LogP contribution in [0.25, 0.3) is 0 Å². The van der Waals surface area contributed by atoms with Crippen LogP contribution in [-0.2, 0) is 11.2 Å². The lowest BCUT2D eigenvalue weighted by Crippen LogP contribution is -2.38. The molecule has 0 spiro atoms. The molecule has 2 heterocycles. The molecule has 1 aliphatic rings. The van der Waals surface area contributed by atoms with Crippen molar-refractivity contribution in [1.82, 2.24) is 4.98 Å². The van der Waals surface area contributed by atoms with Crippen molar-refractivity contribution in [1.29, 1.82) is 10.5 Å². The number of halogens is 1. The van der Waals surface area contributed by atoms with E-state index in [4.69, 9.17) is 21.4 Å². The van der Waals surface area contributed by atoms with Crippen molar-refractivity contribution >= 4 is 17.4 Å². The van der Waals surface area contributed by atoms with Gasteiger partial charge in [0.15, 0.2) is 0 Å². The van der Waals surface area contributed by atoms with E-state index in [0.29, 0.717) is 43.1 Å². The summed E-state index contributed by atoms with van der Waals surface area (Å²) in [5, 5.41) is 27.7. The van der Waals surface area contributed by atoms with E-state index >= 15 is 0 Å². The molecule has 1 aromatic heterocycles. The SMILES string of the molecule is CCc1c(C#N)c(Cl)nc(N2CCC(OCCO)CC2)c1C#N. The molecule has 1 N–H and O–H groups in total. The van der Waals surface area contributed by atoms with Crippen molar-refractivity contribution in [3.8, 4) is 12.1 Å². The highest BCUT2D eigenvalue weighted by Gasteiger charge is 2.26. The van der Waals surface area contributed by atoms with E-state index in [1.807, 2.05) is 17.9 Å². The Bertz CT molecular complexity index is 643. The van der Waals surface area contributed by atoms with E-state index in [1.165, 1.54) is 0 Å². The maximum absolute atomic E-state index is 9.52. The summed E-state index contributed by atoms with van der Waals surface area (Å²) >= 11 is 6.14. The highest BCUT2D eigenvalue weighted by atomic mass is 35.5. The first kappa shape index (κ1) is 17.5. The number of nitriles is 2. The maximum Gasteiger partial charge on any atom is 0.149 e. The first-order chi connectivity index (χ1) is 11.2. The van der Waals surface area contributed by atoms with E-state index in [9.17, 15) is 10.5 Å². The fourth-order valence-corrected chi connectivity index (χ4v) is 3.09. The molecule has 122 valence electrons. The smallest absolute Gasteiger partial charge is 0.149 e. The minimum Gasteiger partial charge on any atom is -0.394 e. The van der Waals surface area contributed by atoms with Gasteiger partial charge >= 0.3 is 0 Å². The standard InChI is InChI=1S/C16H19ClN4O2/c1-2-12-13(9-18)15(17)20-16(14(12)10-19)21-5-3-11(4-6-21)23-8-7-22/h11,22H,2-8H2,1H3. The van der Waals surface area contributed by atoms with E-state index in [1.54, 1.807) is 0 Å². The molecular weight excluding hydrogens is 316 g/mol. The second kappa shape index (κ2) is 8.12. The molecule has 0 aliphatic carbocycles. The highest BCUT2D eigenvalue weighted by molar-refractivity contribution is 6.30. The Balaban J connectivity index is 2.26. The Hall–Kier alpha value is -1.86. The Morgan fingerprint density at radius 1 is 1.30 bits per heavy atom. The second-order valence-corrected chi connectivity index (χ2v) is 5.67. The van der Waals surface area contributed by atoms with Crippen LogP contribution in [0.5, 0.6) is 0 Å². The molecule has 0 saturated carbocycles. The van der Waals surface area contributed by atoms with Crippen LogP contribution in [0, 0.1) is 22.7 Å². The van der Waals surface area contributed by atoms with Gasteiger partial charge in [-0.25, -0.2) is 4.98 Å². The highest BCUT2D eigenvalue weighted by Crippen LogP contribution is 2.31. The molecule has 0 amide bonds. The molecule has 6 nitrogen and oxygen atoms in total. The number of anilines is 1. The molecule has 1 fully saturated rings. The average molecular weight is 335 g/mol. The Morgan fingerprint density at radius 2 is 1.96 bits per heavy atom. The molecular formula is C16H19ClN4O2. The molecule has 0 bridgehead atoms. The van der Waals surface area contributed by atoms with E-state index in [0.717, 1.165) is 12.8 Å². The number of rotatable bonds is 5. The first-order valence-corrected chi connectivity index (χ1v) is 8.04. The summed E-state index contributed by atoms with van der Waals surface area (Å²) < 4.78 is 5.55. The number of aliphatic hydroxyl groups is 1. The third-order valence-corrected chi connectivity index (χ3v) is 4.27. The van der Waals surface area contributed by atoms with Crippen LogP contribution in [0.3, 0.4) is 0 Å². The van der Waals surface area contributed by atoms with Crippen molar-refractivity contribution in [2.24, 2.45) is 0 Å². The third kappa shape index (κ3) is 3.73. The van der Waals surface area contributed by atoms with Crippen molar-refractivity contribution in [3.63, 3.8) is 0 Å². The van der Waals surface area contributed by atoms with Crippen LogP contribution in [0.15, 0.2) is 0 Å². The molecule has 1 aliphatic heterocycles. The summed E-state index contributed by atoms with van der Waals surface area (Å²) in [4.78, 5) is 6.32.